The van der Waals surface area contributed by atoms with Crippen LogP contribution in [-0.2, 0) is 17.5 Å². The molecule has 0 saturated carbocycles. The van der Waals surface area contributed by atoms with Crippen LogP contribution in [0.5, 0.6) is 0 Å². The molecule has 0 amide bonds. The average molecular weight is 307 g/mol. The predicted molar refractivity (Wildman–Crippen MR) is 72.3 cm³/mol. The van der Waals surface area contributed by atoms with Gasteiger partial charge in [-0.3, -0.25) is 0 Å². The Bertz CT molecular complexity index is 692. The zero-order chi connectivity index (χ0) is 16.2. The minimum atomic E-state index is -4.49. The van der Waals surface area contributed by atoms with Gasteiger partial charge in [0, 0.05) is 5.56 Å². The highest BCUT2D eigenvalue weighted by Crippen LogP contribution is 2.32. The third kappa shape index (κ3) is 3.64. The Balaban J connectivity index is 2.16. The number of hydrogen-bond acceptors (Lipinski definition) is 3. The number of nitrogens with zero attached hydrogens (tertiary/aromatic N) is 1. The van der Waals surface area contributed by atoms with Gasteiger partial charge in [-0.2, -0.15) is 18.4 Å². The molecule has 2 aromatic carbocycles. The summed E-state index contributed by atoms with van der Waals surface area (Å²) in [6.45, 7) is -0.420. The second-order valence-corrected chi connectivity index (χ2v) is 4.52. The third-order valence-corrected chi connectivity index (χ3v) is 3.07. The molecule has 0 saturated heterocycles. The molecule has 1 N–H and O–H groups in total. The van der Waals surface area contributed by atoms with Gasteiger partial charge in [0.05, 0.1) is 23.8 Å². The molecule has 2 aromatic rings. The normalized spacial score (nSPS) is 12.7. The lowest BCUT2D eigenvalue weighted by Crippen LogP contribution is -2.11. The molecule has 0 aliphatic rings. The Labute approximate surface area is 125 Å². The van der Waals surface area contributed by atoms with Gasteiger partial charge in [-0.15, -0.1) is 0 Å². The summed E-state index contributed by atoms with van der Waals surface area (Å²) in [6.07, 6.45) is -5.97. The molecule has 1 unspecified atom stereocenters. The molecular formula is C16H12F3NO2. The van der Waals surface area contributed by atoms with Crippen LogP contribution in [0.3, 0.4) is 0 Å². The summed E-state index contributed by atoms with van der Waals surface area (Å²) in [6, 6.07) is 13.1. The van der Waals surface area contributed by atoms with Crippen LogP contribution in [0.2, 0.25) is 0 Å². The van der Waals surface area contributed by atoms with E-state index in [0.29, 0.717) is 0 Å². The average Bonchev–Trinajstić information content (AvgIpc) is 2.52. The summed E-state index contributed by atoms with van der Waals surface area (Å²) < 4.78 is 43.7. The van der Waals surface area contributed by atoms with E-state index in [1.54, 1.807) is 12.1 Å². The van der Waals surface area contributed by atoms with Crippen LogP contribution in [0.25, 0.3) is 0 Å². The van der Waals surface area contributed by atoms with Crippen LogP contribution >= 0.6 is 0 Å². The number of ether oxygens (including phenoxy) is 1. The standard InChI is InChI=1S/C16H12F3NO2/c17-16(18,19)14-8-4-2-6-12(14)10-22-15(21)13-7-3-1-5-11(13)9-20/h1-8,15,21H,10H2. The largest absolute Gasteiger partial charge is 0.416 e. The van der Waals surface area contributed by atoms with E-state index in [1.165, 1.54) is 30.3 Å². The van der Waals surface area contributed by atoms with E-state index in [1.807, 2.05) is 6.07 Å². The number of hydrogen-bond donors (Lipinski definition) is 1. The Morgan fingerprint density at radius 1 is 1.09 bits per heavy atom. The van der Waals surface area contributed by atoms with E-state index in [-0.39, 0.29) is 16.7 Å². The van der Waals surface area contributed by atoms with Gasteiger partial charge in [0.1, 0.15) is 0 Å². The van der Waals surface area contributed by atoms with Gasteiger partial charge >= 0.3 is 6.18 Å². The number of halogens is 3. The number of rotatable bonds is 4. The quantitative estimate of drug-likeness (QED) is 0.874. The Kier molecular flexibility index (Phi) is 4.81. The molecular weight excluding hydrogens is 295 g/mol. The fourth-order valence-electron chi connectivity index (χ4n) is 2.00. The molecule has 0 fully saturated rings. The monoisotopic (exact) mass is 307 g/mol. The van der Waals surface area contributed by atoms with Gasteiger partial charge in [0.15, 0.2) is 6.29 Å². The van der Waals surface area contributed by atoms with Crippen molar-refractivity contribution in [1.82, 2.24) is 0 Å². The summed E-state index contributed by atoms with van der Waals surface area (Å²) in [7, 11) is 0. The second-order valence-electron chi connectivity index (χ2n) is 4.52. The molecule has 114 valence electrons. The first kappa shape index (κ1) is 16.0. The predicted octanol–water partition coefficient (Wildman–Crippen LogP) is 3.78. The number of aliphatic hydroxyl groups excluding tert-OH is 1. The number of aliphatic hydroxyl groups is 1. The summed E-state index contributed by atoms with van der Waals surface area (Å²) >= 11 is 0. The molecule has 2 rings (SSSR count). The lowest BCUT2D eigenvalue weighted by Gasteiger charge is -2.16. The first-order valence-corrected chi connectivity index (χ1v) is 6.37. The molecule has 1 atom stereocenters. The fraction of sp³-hybridized carbons (Fsp3) is 0.188. The highest BCUT2D eigenvalue weighted by atomic mass is 19.4. The highest BCUT2D eigenvalue weighted by Gasteiger charge is 2.33. The molecule has 0 aliphatic heterocycles. The van der Waals surface area contributed by atoms with Crippen LogP contribution in [-0.4, -0.2) is 5.11 Å². The molecule has 22 heavy (non-hydrogen) atoms. The summed E-state index contributed by atoms with van der Waals surface area (Å²) in [5.74, 6) is 0. The maximum Gasteiger partial charge on any atom is 0.416 e. The van der Waals surface area contributed by atoms with Gasteiger partial charge in [0.25, 0.3) is 0 Å². The summed E-state index contributed by atoms with van der Waals surface area (Å²) in [5, 5.41) is 18.9. The van der Waals surface area contributed by atoms with Crippen molar-refractivity contribution >= 4 is 0 Å². The van der Waals surface area contributed by atoms with E-state index in [4.69, 9.17) is 10.00 Å². The van der Waals surface area contributed by atoms with Crippen LogP contribution in [0.4, 0.5) is 13.2 Å². The van der Waals surface area contributed by atoms with Crippen molar-refractivity contribution in [1.29, 1.82) is 5.26 Å². The zero-order valence-corrected chi connectivity index (χ0v) is 11.3. The van der Waals surface area contributed by atoms with Gasteiger partial charge in [0.2, 0.25) is 0 Å². The molecule has 3 nitrogen and oxygen atoms in total. The number of nitriles is 1. The molecule has 0 spiro atoms. The van der Waals surface area contributed by atoms with E-state index in [0.717, 1.165) is 6.07 Å². The smallest absolute Gasteiger partial charge is 0.364 e. The van der Waals surface area contributed by atoms with Crippen LogP contribution in [0.15, 0.2) is 48.5 Å². The molecule has 0 aliphatic carbocycles. The minimum absolute atomic E-state index is 0.0801. The summed E-state index contributed by atoms with van der Waals surface area (Å²) in [5.41, 5.74) is -0.465. The van der Waals surface area contributed by atoms with Crippen molar-refractivity contribution in [3.8, 4) is 6.07 Å². The van der Waals surface area contributed by atoms with Crippen molar-refractivity contribution in [2.75, 3.05) is 0 Å². The highest BCUT2D eigenvalue weighted by molar-refractivity contribution is 5.38. The van der Waals surface area contributed by atoms with Crippen molar-refractivity contribution in [2.45, 2.75) is 19.1 Å². The second kappa shape index (κ2) is 6.60. The maximum atomic E-state index is 12.9. The van der Waals surface area contributed by atoms with Gasteiger partial charge in [-0.05, 0) is 17.7 Å². The molecule has 0 aromatic heterocycles. The lowest BCUT2D eigenvalue weighted by molar-refractivity contribution is -0.142. The zero-order valence-electron chi connectivity index (χ0n) is 11.3. The number of benzene rings is 2. The molecule has 0 radical (unpaired) electrons. The van der Waals surface area contributed by atoms with E-state index in [9.17, 15) is 18.3 Å². The SMILES string of the molecule is N#Cc1ccccc1C(O)OCc1ccccc1C(F)(F)F. The Hall–Kier alpha value is -2.36. The van der Waals surface area contributed by atoms with Gasteiger partial charge in [-0.1, -0.05) is 36.4 Å². The fourth-order valence-corrected chi connectivity index (χ4v) is 2.00. The van der Waals surface area contributed by atoms with Crippen LogP contribution in [0, 0.1) is 11.3 Å². The minimum Gasteiger partial charge on any atom is -0.364 e. The number of alkyl halides is 3. The maximum absolute atomic E-state index is 12.9. The van der Waals surface area contributed by atoms with Crippen molar-refractivity contribution in [3.63, 3.8) is 0 Å². The first-order chi connectivity index (χ1) is 10.4. The van der Waals surface area contributed by atoms with E-state index < -0.39 is 24.6 Å². The Morgan fingerprint density at radius 2 is 1.73 bits per heavy atom. The van der Waals surface area contributed by atoms with Crippen molar-refractivity contribution < 1.29 is 23.0 Å². The molecule has 0 heterocycles. The topological polar surface area (TPSA) is 53.2 Å². The lowest BCUT2D eigenvalue weighted by atomic mass is 10.1. The third-order valence-electron chi connectivity index (χ3n) is 3.07. The Morgan fingerprint density at radius 3 is 2.41 bits per heavy atom. The first-order valence-electron chi connectivity index (χ1n) is 6.37. The summed E-state index contributed by atoms with van der Waals surface area (Å²) in [4.78, 5) is 0. The molecule has 6 heteroatoms. The van der Waals surface area contributed by atoms with E-state index in [2.05, 4.69) is 0 Å². The van der Waals surface area contributed by atoms with Crippen molar-refractivity contribution in [2.24, 2.45) is 0 Å². The van der Waals surface area contributed by atoms with Gasteiger partial charge < -0.3 is 9.84 Å². The van der Waals surface area contributed by atoms with E-state index >= 15 is 0 Å². The van der Waals surface area contributed by atoms with Crippen LogP contribution in [0.1, 0.15) is 28.5 Å². The van der Waals surface area contributed by atoms with Crippen LogP contribution < -0.4 is 0 Å². The molecule has 0 bridgehead atoms. The van der Waals surface area contributed by atoms with Gasteiger partial charge in [-0.25, -0.2) is 0 Å². The van der Waals surface area contributed by atoms with Crippen molar-refractivity contribution in [3.05, 3.63) is 70.8 Å².